The summed E-state index contributed by atoms with van der Waals surface area (Å²) in [4.78, 5) is 28.8. The van der Waals surface area contributed by atoms with Crippen LogP contribution in [-0.4, -0.2) is 63.1 Å². The molecule has 2 fully saturated rings. The first-order valence-corrected chi connectivity index (χ1v) is 11.6. The van der Waals surface area contributed by atoms with E-state index in [4.69, 9.17) is 28.4 Å². The maximum Gasteiger partial charge on any atom is 0.231 e. The molecule has 4 aliphatic rings. The zero-order valence-corrected chi connectivity index (χ0v) is 20.1. The fourth-order valence-electron chi connectivity index (χ4n) is 5.65. The first kappa shape index (κ1) is 22.5. The lowest BCUT2D eigenvalue weighted by Crippen LogP contribution is -2.41. The number of anilines is 1. The van der Waals surface area contributed by atoms with E-state index < -0.39 is 23.5 Å². The van der Waals surface area contributed by atoms with Crippen molar-refractivity contribution >= 4 is 17.5 Å². The zero-order chi connectivity index (χ0) is 25.0. The molecule has 0 saturated carbocycles. The van der Waals surface area contributed by atoms with Gasteiger partial charge in [0.15, 0.2) is 23.0 Å². The van der Waals surface area contributed by atoms with E-state index >= 15 is 0 Å². The molecule has 0 unspecified atom stereocenters. The van der Waals surface area contributed by atoms with Gasteiger partial charge in [-0.15, -0.1) is 0 Å². The molecule has 2 amide bonds. The lowest BCUT2D eigenvalue weighted by atomic mass is 9.77. The van der Waals surface area contributed by atoms with Crippen LogP contribution in [0.1, 0.15) is 5.56 Å². The van der Waals surface area contributed by atoms with E-state index in [1.165, 1.54) is 21.3 Å². The molecule has 0 aromatic heterocycles. The SMILES string of the molecule is COc1cc(NC(=O)[C@@H]2[C@@H]3C=C[C@@]4(CN(Cc5ccc6c(c5)OCO6)C(=O)[C@H]24)O3)cc(OC)c1OC. The van der Waals surface area contributed by atoms with Gasteiger partial charge in [-0.3, -0.25) is 9.59 Å². The van der Waals surface area contributed by atoms with Crippen molar-refractivity contribution in [2.75, 3.05) is 40.0 Å². The van der Waals surface area contributed by atoms with Gasteiger partial charge in [-0.05, 0) is 17.7 Å². The van der Waals surface area contributed by atoms with E-state index in [-0.39, 0.29) is 18.6 Å². The number of rotatable bonds is 7. The highest BCUT2D eigenvalue weighted by molar-refractivity contribution is 5.99. The Morgan fingerprint density at radius 2 is 1.83 bits per heavy atom. The lowest BCUT2D eigenvalue weighted by Gasteiger charge is -2.24. The van der Waals surface area contributed by atoms with E-state index in [1.807, 2.05) is 30.4 Å². The van der Waals surface area contributed by atoms with Gasteiger partial charge in [-0.25, -0.2) is 0 Å². The minimum absolute atomic E-state index is 0.107. The van der Waals surface area contributed by atoms with E-state index in [0.29, 0.717) is 47.5 Å². The predicted octanol–water partition coefficient (Wildman–Crippen LogP) is 2.36. The van der Waals surface area contributed by atoms with Gasteiger partial charge in [-0.2, -0.15) is 0 Å². The highest BCUT2D eigenvalue weighted by Gasteiger charge is 2.66. The highest BCUT2D eigenvalue weighted by atomic mass is 16.7. The third-order valence-corrected chi connectivity index (χ3v) is 7.22. The van der Waals surface area contributed by atoms with E-state index in [0.717, 1.165) is 5.56 Å². The number of hydrogen-bond acceptors (Lipinski definition) is 8. The molecule has 1 spiro atoms. The summed E-state index contributed by atoms with van der Waals surface area (Å²) in [6, 6.07) is 8.94. The van der Waals surface area contributed by atoms with Crippen molar-refractivity contribution in [3.63, 3.8) is 0 Å². The summed E-state index contributed by atoms with van der Waals surface area (Å²) >= 11 is 0. The maximum absolute atomic E-state index is 13.6. The summed E-state index contributed by atoms with van der Waals surface area (Å²) in [6.45, 7) is 0.956. The normalized spacial score (nSPS) is 26.8. The fourth-order valence-corrected chi connectivity index (χ4v) is 5.65. The Morgan fingerprint density at radius 1 is 1.08 bits per heavy atom. The molecule has 0 radical (unpaired) electrons. The summed E-state index contributed by atoms with van der Waals surface area (Å²) in [5, 5.41) is 2.92. The van der Waals surface area contributed by atoms with Crippen LogP contribution in [0.2, 0.25) is 0 Å². The Hall–Kier alpha value is -3.92. The summed E-state index contributed by atoms with van der Waals surface area (Å²) in [6.07, 6.45) is 3.35. The molecule has 36 heavy (non-hydrogen) atoms. The molecular formula is C26H26N2O8. The van der Waals surface area contributed by atoms with Gasteiger partial charge >= 0.3 is 0 Å². The fraction of sp³-hybridized carbons (Fsp3) is 0.385. The number of likely N-dealkylation sites (tertiary alicyclic amines) is 1. The van der Waals surface area contributed by atoms with Crippen LogP contribution in [0.4, 0.5) is 5.69 Å². The van der Waals surface area contributed by atoms with Crippen molar-refractivity contribution in [3.8, 4) is 28.7 Å². The Morgan fingerprint density at radius 3 is 2.56 bits per heavy atom. The number of fused-ring (bicyclic) bond motifs is 2. The third-order valence-electron chi connectivity index (χ3n) is 7.22. The molecule has 4 aliphatic heterocycles. The minimum Gasteiger partial charge on any atom is -0.493 e. The number of carbonyl (C=O) groups is 2. The van der Waals surface area contributed by atoms with Crippen LogP contribution in [0, 0.1) is 11.8 Å². The molecule has 2 aromatic carbocycles. The molecule has 10 heteroatoms. The van der Waals surface area contributed by atoms with Gasteiger partial charge in [-0.1, -0.05) is 18.2 Å². The van der Waals surface area contributed by atoms with Crippen LogP contribution in [0.5, 0.6) is 28.7 Å². The minimum atomic E-state index is -0.810. The maximum atomic E-state index is 13.6. The summed E-state index contributed by atoms with van der Waals surface area (Å²) < 4.78 is 33.2. The molecule has 2 bridgehead atoms. The predicted molar refractivity (Wildman–Crippen MR) is 126 cm³/mol. The molecular weight excluding hydrogens is 468 g/mol. The second-order valence-electron chi connectivity index (χ2n) is 9.19. The zero-order valence-electron chi connectivity index (χ0n) is 20.1. The lowest BCUT2D eigenvalue weighted by molar-refractivity contribution is -0.136. The number of nitrogens with zero attached hydrogens (tertiary/aromatic N) is 1. The second-order valence-corrected chi connectivity index (χ2v) is 9.19. The summed E-state index contributed by atoms with van der Waals surface area (Å²) in [5.74, 6) is 0.931. The van der Waals surface area contributed by atoms with E-state index in [1.54, 1.807) is 17.0 Å². The number of nitrogens with one attached hydrogen (secondary N) is 1. The first-order valence-electron chi connectivity index (χ1n) is 11.6. The van der Waals surface area contributed by atoms with Crippen LogP contribution < -0.4 is 29.0 Å². The van der Waals surface area contributed by atoms with Crippen molar-refractivity contribution in [1.29, 1.82) is 0 Å². The van der Waals surface area contributed by atoms with Gasteiger partial charge in [0.1, 0.15) is 5.60 Å². The van der Waals surface area contributed by atoms with Crippen molar-refractivity contribution in [2.45, 2.75) is 18.2 Å². The molecule has 4 atom stereocenters. The highest BCUT2D eigenvalue weighted by Crippen LogP contribution is 2.52. The average molecular weight is 495 g/mol. The van der Waals surface area contributed by atoms with Crippen LogP contribution in [-0.2, 0) is 20.9 Å². The Labute approximate surface area is 207 Å². The van der Waals surface area contributed by atoms with Crippen LogP contribution in [0.3, 0.4) is 0 Å². The Kier molecular flexibility index (Phi) is 5.22. The molecule has 10 nitrogen and oxygen atoms in total. The number of carbonyl (C=O) groups excluding carboxylic acids is 2. The topological polar surface area (TPSA) is 105 Å². The summed E-state index contributed by atoms with van der Waals surface area (Å²) in [7, 11) is 4.53. The van der Waals surface area contributed by atoms with Gasteiger partial charge in [0.25, 0.3) is 0 Å². The molecule has 2 aromatic rings. The number of benzene rings is 2. The van der Waals surface area contributed by atoms with Crippen molar-refractivity contribution < 1.29 is 38.0 Å². The molecule has 0 aliphatic carbocycles. The van der Waals surface area contributed by atoms with Crippen molar-refractivity contribution in [2.24, 2.45) is 11.8 Å². The standard InChI is InChI=1S/C26H26N2O8/c1-31-19-9-15(10-20(32-2)23(19)33-3)27-24(29)21-17-6-7-26(36-17)12-28(25(30)22(21)26)11-14-4-5-16-18(8-14)35-13-34-16/h4-10,17,21-22H,11-13H2,1-3H3,(H,27,29)/t17-,21+,22-,26-/m0/s1. The number of methoxy groups -OCH3 is 3. The third kappa shape index (κ3) is 3.35. The molecule has 1 N–H and O–H groups in total. The Balaban J connectivity index is 1.23. The second kappa shape index (κ2) is 8.34. The van der Waals surface area contributed by atoms with E-state index in [2.05, 4.69) is 5.32 Å². The monoisotopic (exact) mass is 494 g/mol. The van der Waals surface area contributed by atoms with Gasteiger partial charge in [0.05, 0.1) is 45.8 Å². The Bertz CT molecular complexity index is 1250. The van der Waals surface area contributed by atoms with Crippen LogP contribution in [0.15, 0.2) is 42.5 Å². The van der Waals surface area contributed by atoms with E-state index in [9.17, 15) is 9.59 Å². The molecule has 6 rings (SSSR count). The van der Waals surface area contributed by atoms with Crippen LogP contribution >= 0.6 is 0 Å². The smallest absolute Gasteiger partial charge is 0.231 e. The van der Waals surface area contributed by atoms with Crippen molar-refractivity contribution in [3.05, 3.63) is 48.0 Å². The van der Waals surface area contributed by atoms with Gasteiger partial charge in [0, 0.05) is 24.4 Å². The largest absolute Gasteiger partial charge is 0.493 e. The molecule has 2 saturated heterocycles. The van der Waals surface area contributed by atoms with Gasteiger partial charge in [0.2, 0.25) is 24.4 Å². The average Bonchev–Trinajstić information content (AvgIpc) is 3.64. The quantitative estimate of drug-likeness (QED) is 0.585. The van der Waals surface area contributed by atoms with Crippen molar-refractivity contribution in [1.82, 2.24) is 4.90 Å². The first-order chi connectivity index (χ1) is 17.5. The molecule has 4 heterocycles. The summed E-state index contributed by atoms with van der Waals surface area (Å²) in [5.41, 5.74) is 0.578. The number of ether oxygens (including phenoxy) is 6. The van der Waals surface area contributed by atoms with Gasteiger partial charge < -0.3 is 38.6 Å². The molecule has 188 valence electrons. The van der Waals surface area contributed by atoms with Crippen LogP contribution in [0.25, 0.3) is 0 Å². The number of amides is 2. The number of hydrogen-bond donors (Lipinski definition) is 1.